The fourth-order valence-electron chi connectivity index (χ4n) is 4.91. The van der Waals surface area contributed by atoms with E-state index in [0.29, 0.717) is 18.7 Å². The summed E-state index contributed by atoms with van der Waals surface area (Å²) >= 11 is 0. The fourth-order valence-corrected chi connectivity index (χ4v) is 4.91. The quantitative estimate of drug-likeness (QED) is 0.706. The van der Waals surface area contributed by atoms with Crippen molar-refractivity contribution in [3.05, 3.63) is 71.0 Å². The van der Waals surface area contributed by atoms with Crippen LogP contribution in [-0.4, -0.2) is 69.8 Å². The van der Waals surface area contributed by atoms with Gasteiger partial charge < -0.3 is 15.1 Å². The largest absolute Gasteiger partial charge is 0.395 e. The van der Waals surface area contributed by atoms with E-state index in [1.807, 2.05) is 29.2 Å². The summed E-state index contributed by atoms with van der Waals surface area (Å²) in [4.78, 5) is 17.3. The van der Waals surface area contributed by atoms with Crippen molar-refractivity contribution >= 4 is 5.91 Å². The van der Waals surface area contributed by atoms with Crippen LogP contribution in [0.4, 0.5) is 4.39 Å². The molecule has 2 heterocycles. The number of carbonyl (C=O) groups is 1. The maximum absolute atomic E-state index is 13.3. The van der Waals surface area contributed by atoms with Crippen LogP contribution >= 0.6 is 0 Å². The van der Waals surface area contributed by atoms with Gasteiger partial charge in [-0.2, -0.15) is 0 Å². The second-order valence-electron chi connectivity index (χ2n) is 9.48. The number of benzene rings is 2. The van der Waals surface area contributed by atoms with Gasteiger partial charge in [0.05, 0.1) is 6.61 Å². The summed E-state index contributed by atoms with van der Waals surface area (Å²) in [7, 11) is 0. The van der Waals surface area contributed by atoms with Crippen LogP contribution in [-0.2, 0) is 0 Å². The Hall–Kier alpha value is -2.72. The number of carbonyl (C=O) groups excluding carboxylic acids is 1. The number of rotatable bonds is 3. The van der Waals surface area contributed by atoms with Gasteiger partial charge in [0.2, 0.25) is 0 Å². The van der Waals surface area contributed by atoms with E-state index in [9.17, 15) is 19.4 Å². The Morgan fingerprint density at radius 2 is 1.76 bits per heavy atom. The van der Waals surface area contributed by atoms with Crippen LogP contribution in [0.3, 0.4) is 0 Å². The molecule has 0 aliphatic carbocycles. The van der Waals surface area contributed by atoms with E-state index in [1.54, 1.807) is 13.8 Å². The number of hydrogen-bond acceptors (Lipinski definition) is 4. The van der Waals surface area contributed by atoms with E-state index in [1.165, 1.54) is 24.3 Å². The minimum atomic E-state index is -1.05. The van der Waals surface area contributed by atoms with Crippen molar-refractivity contribution in [2.45, 2.75) is 50.3 Å². The lowest BCUT2D eigenvalue weighted by atomic mass is 9.74. The van der Waals surface area contributed by atoms with Crippen molar-refractivity contribution in [3.63, 3.8) is 0 Å². The van der Waals surface area contributed by atoms with Crippen LogP contribution in [0.25, 0.3) is 0 Å². The Labute approximate surface area is 194 Å². The van der Waals surface area contributed by atoms with Gasteiger partial charge in [0.25, 0.3) is 5.91 Å². The molecule has 2 aliphatic heterocycles. The van der Waals surface area contributed by atoms with Crippen molar-refractivity contribution in [2.24, 2.45) is 0 Å². The summed E-state index contributed by atoms with van der Waals surface area (Å²) in [6.07, 6.45) is 1.85. The topological polar surface area (TPSA) is 64.0 Å². The molecular weight excluding hydrogens is 419 g/mol. The summed E-state index contributed by atoms with van der Waals surface area (Å²) < 4.78 is 13.3. The first-order chi connectivity index (χ1) is 15.8. The molecule has 5 nitrogen and oxygen atoms in total. The van der Waals surface area contributed by atoms with Gasteiger partial charge in [-0.15, -0.1) is 0 Å². The van der Waals surface area contributed by atoms with Crippen molar-refractivity contribution in [1.29, 1.82) is 0 Å². The standard InChI is InChI=1S/C27H31FN2O3/c1-27(2,33)14-13-19-5-7-20(8-6-19)25-23-17-29(15-3-4-16-30(23)24(25)18-31)26(32)21-9-11-22(28)12-10-21/h5-12,23-25,31,33H,3-4,15-18H2,1-2H3/t23-,24+,25+/m1/s1. The van der Waals surface area contributed by atoms with Crippen LogP contribution in [0.2, 0.25) is 0 Å². The maximum Gasteiger partial charge on any atom is 0.253 e. The number of aliphatic hydroxyl groups excluding tert-OH is 1. The Morgan fingerprint density at radius 3 is 2.39 bits per heavy atom. The lowest BCUT2D eigenvalue weighted by Gasteiger charge is -2.57. The lowest BCUT2D eigenvalue weighted by molar-refractivity contribution is -0.0606. The predicted octanol–water partition coefficient (Wildman–Crippen LogP) is 3.01. The Kier molecular flexibility index (Phi) is 6.85. The van der Waals surface area contributed by atoms with Crippen LogP contribution in [0.5, 0.6) is 0 Å². The third-order valence-corrected chi connectivity index (χ3v) is 6.56. The maximum atomic E-state index is 13.3. The molecule has 2 saturated heterocycles. The zero-order valence-corrected chi connectivity index (χ0v) is 19.2. The van der Waals surface area contributed by atoms with Gasteiger partial charge in [-0.05, 0) is 75.2 Å². The first kappa shape index (κ1) is 23.4. The summed E-state index contributed by atoms with van der Waals surface area (Å²) in [5.74, 6) is 5.48. The number of fused-ring (bicyclic) bond motifs is 1. The summed E-state index contributed by atoms with van der Waals surface area (Å²) in [6.45, 7) is 5.50. The van der Waals surface area contributed by atoms with Crippen molar-refractivity contribution in [3.8, 4) is 11.8 Å². The second-order valence-corrected chi connectivity index (χ2v) is 9.48. The SMILES string of the molecule is CC(C)(O)C#Cc1ccc([C@H]2[C@H]3CN(C(=O)c4ccc(F)cc4)CCCCN3[C@H]2CO)cc1. The van der Waals surface area contributed by atoms with Gasteiger partial charge in [-0.3, -0.25) is 9.69 Å². The summed E-state index contributed by atoms with van der Waals surface area (Å²) in [6, 6.07) is 13.8. The third kappa shape index (κ3) is 5.27. The molecule has 3 atom stereocenters. The van der Waals surface area contributed by atoms with E-state index in [2.05, 4.69) is 16.7 Å². The minimum Gasteiger partial charge on any atom is -0.395 e. The van der Waals surface area contributed by atoms with E-state index < -0.39 is 5.60 Å². The number of amides is 1. The molecule has 2 aliphatic rings. The van der Waals surface area contributed by atoms with Gasteiger partial charge >= 0.3 is 0 Å². The predicted molar refractivity (Wildman–Crippen MR) is 125 cm³/mol. The van der Waals surface area contributed by atoms with E-state index >= 15 is 0 Å². The van der Waals surface area contributed by atoms with Gasteiger partial charge in [0, 0.05) is 42.2 Å². The number of halogens is 1. The molecule has 174 valence electrons. The van der Waals surface area contributed by atoms with Crippen LogP contribution in [0.15, 0.2) is 48.5 Å². The zero-order chi connectivity index (χ0) is 23.6. The van der Waals surface area contributed by atoms with E-state index in [4.69, 9.17) is 0 Å². The van der Waals surface area contributed by atoms with Crippen LogP contribution in [0.1, 0.15) is 54.1 Å². The minimum absolute atomic E-state index is 0.0178. The molecule has 33 heavy (non-hydrogen) atoms. The molecule has 1 amide bonds. The summed E-state index contributed by atoms with van der Waals surface area (Å²) in [5.41, 5.74) is 1.38. The first-order valence-corrected chi connectivity index (χ1v) is 11.5. The summed E-state index contributed by atoms with van der Waals surface area (Å²) in [5, 5.41) is 19.9. The molecule has 2 aromatic rings. The van der Waals surface area contributed by atoms with Gasteiger partial charge in [-0.1, -0.05) is 24.0 Å². The molecule has 2 N–H and O–H groups in total. The highest BCUT2D eigenvalue weighted by molar-refractivity contribution is 5.94. The number of hydrogen-bond donors (Lipinski definition) is 2. The smallest absolute Gasteiger partial charge is 0.253 e. The van der Waals surface area contributed by atoms with Crippen LogP contribution < -0.4 is 0 Å². The van der Waals surface area contributed by atoms with Crippen molar-refractivity contribution in [1.82, 2.24) is 9.80 Å². The molecule has 0 radical (unpaired) electrons. The molecular formula is C27H31FN2O3. The average Bonchev–Trinajstić information content (AvgIpc) is 2.77. The molecule has 0 saturated carbocycles. The monoisotopic (exact) mass is 450 g/mol. The highest BCUT2D eigenvalue weighted by Crippen LogP contribution is 2.42. The molecule has 0 spiro atoms. The molecule has 4 rings (SSSR count). The Balaban J connectivity index is 1.55. The van der Waals surface area contributed by atoms with E-state index in [0.717, 1.165) is 30.5 Å². The Bertz CT molecular complexity index is 1030. The Morgan fingerprint density at radius 1 is 1.09 bits per heavy atom. The highest BCUT2D eigenvalue weighted by atomic mass is 19.1. The second kappa shape index (κ2) is 9.64. The first-order valence-electron chi connectivity index (χ1n) is 11.5. The van der Waals surface area contributed by atoms with Gasteiger partial charge in [0.1, 0.15) is 11.4 Å². The molecule has 0 bridgehead atoms. The van der Waals surface area contributed by atoms with Gasteiger partial charge in [-0.25, -0.2) is 4.39 Å². The van der Waals surface area contributed by atoms with Gasteiger partial charge in [0.15, 0.2) is 0 Å². The van der Waals surface area contributed by atoms with Crippen molar-refractivity contribution in [2.75, 3.05) is 26.2 Å². The molecule has 2 fully saturated rings. The molecule has 0 aromatic heterocycles. The number of aliphatic hydroxyl groups is 2. The average molecular weight is 451 g/mol. The molecule has 2 aromatic carbocycles. The molecule has 0 unspecified atom stereocenters. The zero-order valence-electron chi connectivity index (χ0n) is 19.2. The lowest BCUT2D eigenvalue weighted by Crippen LogP contribution is -2.67. The number of nitrogens with zero attached hydrogens (tertiary/aromatic N) is 2. The fraction of sp³-hybridized carbons (Fsp3) is 0.444. The highest BCUT2D eigenvalue weighted by Gasteiger charge is 2.49. The van der Waals surface area contributed by atoms with Crippen LogP contribution in [0, 0.1) is 17.7 Å². The third-order valence-electron chi connectivity index (χ3n) is 6.56. The van der Waals surface area contributed by atoms with E-state index in [-0.39, 0.29) is 36.3 Å². The molecule has 6 heteroatoms. The van der Waals surface area contributed by atoms with Crippen molar-refractivity contribution < 1.29 is 19.4 Å². The normalized spacial score (nSPS) is 23.4.